The van der Waals surface area contributed by atoms with Crippen LogP contribution in [0.15, 0.2) is 72.4 Å². The highest BCUT2D eigenvalue weighted by molar-refractivity contribution is 7.14. The zero-order valence-electron chi connectivity index (χ0n) is 14.4. The van der Waals surface area contributed by atoms with E-state index in [2.05, 4.69) is 4.98 Å². The lowest BCUT2D eigenvalue weighted by Crippen LogP contribution is -2.02. The lowest BCUT2D eigenvalue weighted by atomic mass is 9.93. The summed E-state index contributed by atoms with van der Waals surface area (Å²) in [5, 5.41) is 13.6. The molecular weight excluding hydrogens is 400 g/mol. The van der Waals surface area contributed by atoms with Crippen LogP contribution in [0.2, 0.25) is 5.02 Å². The Balaban J connectivity index is 1.93. The monoisotopic (exact) mass is 413 g/mol. The molecule has 2 aromatic carbocycles. The molecular formula is C22H14ClF2NOS. The Kier molecular flexibility index (Phi) is 5.22. The van der Waals surface area contributed by atoms with E-state index in [4.69, 9.17) is 11.6 Å². The highest BCUT2D eigenvalue weighted by Gasteiger charge is 2.24. The van der Waals surface area contributed by atoms with Crippen LogP contribution in [0.3, 0.4) is 0 Å². The topological polar surface area (TPSA) is 33.1 Å². The van der Waals surface area contributed by atoms with E-state index in [-0.39, 0.29) is 5.56 Å². The lowest BCUT2D eigenvalue weighted by Gasteiger charge is -2.16. The van der Waals surface area contributed by atoms with Crippen LogP contribution in [0, 0.1) is 11.6 Å². The van der Waals surface area contributed by atoms with Crippen LogP contribution in [0.25, 0.3) is 21.6 Å². The van der Waals surface area contributed by atoms with Crippen LogP contribution >= 0.6 is 22.9 Å². The van der Waals surface area contributed by atoms with Gasteiger partial charge in [-0.2, -0.15) is 0 Å². The van der Waals surface area contributed by atoms with Gasteiger partial charge in [0.2, 0.25) is 0 Å². The number of thiophene rings is 1. The molecule has 0 fully saturated rings. The molecule has 2 nitrogen and oxygen atoms in total. The Bertz CT molecular complexity index is 1110. The number of aliphatic hydroxyl groups excluding tert-OH is 1. The molecule has 4 aromatic rings. The zero-order chi connectivity index (χ0) is 19.7. The summed E-state index contributed by atoms with van der Waals surface area (Å²) in [6, 6.07) is 14.1. The minimum Gasteiger partial charge on any atom is -0.384 e. The number of benzene rings is 2. The van der Waals surface area contributed by atoms with Crippen LogP contribution in [0.4, 0.5) is 8.78 Å². The largest absolute Gasteiger partial charge is 0.384 e. The lowest BCUT2D eigenvalue weighted by molar-refractivity contribution is 0.221. The number of aliphatic hydroxyl groups is 1. The number of halogens is 3. The maximum absolute atomic E-state index is 14.5. The number of nitrogens with zero attached hydrogens (tertiary/aromatic N) is 1. The van der Waals surface area contributed by atoms with E-state index in [1.165, 1.54) is 23.5 Å². The molecule has 0 bridgehead atoms. The minimum absolute atomic E-state index is 0.240. The highest BCUT2D eigenvalue weighted by Crippen LogP contribution is 2.44. The van der Waals surface area contributed by atoms with Crippen molar-refractivity contribution < 1.29 is 13.9 Å². The summed E-state index contributed by atoms with van der Waals surface area (Å²) in [6.45, 7) is 0. The number of rotatable bonds is 4. The van der Waals surface area contributed by atoms with Crippen molar-refractivity contribution >= 4 is 22.9 Å². The first-order valence-electron chi connectivity index (χ1n) is 8.45. The molecule has 1 unspecified atom stereocenters. The van der Waals surface area contributed by atoms with Gasteiger partial charge in [-0.1, -0.05) is 29.8 Å². The van der Waals surface area contributed by atoms with Crippen LogP contribution < -0.4 is 0 Å². The second-order valence-electron chi connectivity index (χ2n) is 6.21. The average Bonchev–Trinajstić information content (AvgIpc) is 3.13. The SMILES string of the molecule is OC(c1cccnc1)c1c(-c2ccc(Cl)cc2)csc1-c1ccc(F)cc1F. The Morgan fingerprint density at radius 1 is 1.00 bits per heavy atom. The third kappa shape index (κ3) is 3.56. The molecule has 1 N–H and O–H groups in total. The van der Waals surface area contributed by atoms with Gasteiger partial charge in [0.1, 0.15) is 17.7 Å². The summed E-state index contributed by atoms with van der Waals surface area (Å²) >= 11 is 7.29. The first kappa shape index (κ1) is 18.7. The third-order valence-corrected chi connectivity index (χ3v) is 5.72. The molecule has 0 spiro atoms. The number of pyridine rings is 1. The van der Waals surface area contributed by atoms with Gasteiger partial charge < -0.3 is 5.11 Å². The summed E-state index contributed by atoms with van der Waals surface area (Å²) in [5.74, 6) is -1.32. The van der Waals surface area contributed by atoms with Crippen LogP contribution in [-0.4, -0.2) is 10.1 Å². The maximum atomic E-state index is 14.5. The molecule has 1 atom stereocenters. The maximum Gasteiger partial charge on any atom is 0.134 e. The minimum atomic E-state index is -1.02. The van der Waals surface area contributed by atoms with Crippen molar-refractivity contribution in [3.63, 3.8) is 0 Å². The third-order valence-electron chi connectivity index (χ3n) is 4.43. The molecule has 0 aliphatic carbocycles. The second-order valence-corrected chi connectivity index (χ2v) is 7.53. The standard InChI is InChI=1S/C22H14ClF2NOS/c23-15-5-3-13(4-6-15)18-12-28-22(17-8-7-16(24)10-19(17)25)20(18)21(27)14-2-1-9-26-11-14/h1-12,21,27H. The van der Waals surface area contributed by atoms with E-state index in [0.29, 0.717) is 21.0 Å². The van der Waals surface area contributed by atoms with Crippen LogP contribution in [-0.2, 0) is 0 Å². The molecule has 0 saturated carbocycles. The summed E-state index contributed by atoms with van der Waals surface area (Å²) < 4.78 is 27.9. The van der Waals surface area contributed by atoms with Gasteiger partial charge in [-0.15, -0.1) is 11.3 Å². The quantitative estimate of drug-likeness (QED) is 0.414. The van der Waals surface area contributed by atoms with Gasteiger partial charge in [0.25, 0.3) is 0 Å². The Labute approximate surface area is 169 Å². The zero-order valence-corrected chi connectivity index (χ0v) is 16.0. The van der Waals surface area contributed by atoms with Gasteiger partial charge in [0.15, 0.2) is 0 Å². The first-order chi connectivity index (χ1) is 13.5. The predicted octanol–water partition coefficient (Wildman–Crippen LogP) is 6.49. The fraction of sp³-hybridized carbons (Fsp3) is 0.0455. The molecule has 0 aliphatic rings. The normalized spacial score (nSPS) is 12.1. The van der Waals surface area contributed by atoms with E-state index in [0.717, 1.165) is 17.2 Å². The van der Waals surface area contributed by atoms with Crippen LogP contribution in [0.5, 0.6) is 0 Å². The molecule has 6 heteroatoms. The molecule has 0 aliphatic heterocycles. The van der Waals surface area contributed by atoms with Crippen molar-refractivity contribution in [2.75, 3.05) is 0 Å². The first-order valence-corrected chi connectivity index (χ1v) is 9.71. The average molecular weight is 414 g/mol. The van der Waals surface area contributed by atoms with Crippen molar-refractivity contribution in [1.82, 2.24) is 4.98 Å². The second kappa shape index (κ2) is 7.80. The Morgan fingerprint density at radius 2 is 1.79 bits per heavy atom. The molecule has 4 rings (SSSR count). The van der Waals surface area contributed by atoms with Gasteiger partial charge in [-0.25, -0.2) is 8.78 Å². The molecule has 140 valence electrons. The summed E-state index contributed by atoms with van der Waals surface area (Å²) in [5.41, 5.74) is 2.97. The van der Waals surface area contributed by atoms with Gasteiger partial charge in [-0.3, -0.25) is 4.98 Å². The molecule has 0 amide bonds. The van der Waals surface area contributed by atoms with E-state index >= 15 is 0 Å². The Morgan fingerprint density at radius 3 is 2.46 bits per heavy atom. The van der Waals surface area contributed by atoms with Crippen molar-refractivity contribution in [3.8, 4) is 21.6 Å². The molecule has 2 aromatic heterocycles. The van der Waals surface area contributed by atoms with Crippen LogP contribution in [0.1, 0.15) is 17.2 Å². The number of hydrogen-bond acceptors (Lipinski definition) is 3. The fourth-order valence-corrected chi connectivity index (χ4v) is 4.34. The Hall–Kier alpha value is -2.60. The molecule has 28 heavy (non-hydrogen) atoms. The number of hydrogen-bond donors (Lipinski definition) is 1. The smallest absolute Gasteiger partial charge is 0.134 e. The summed E-state index contributed by atoms with van der Waals surface area (Å²) in [7, 11) is 0. The van der Waals surface area contributed by atoms with E-state index in [9.17, 15) is 13.9 Å². The van der Waals surface area contributed by atoms with E-state index < -0.39 is 17.7 Å². The van der Waals surface area contributed by atoms with Gasteiger partial charge in [0.05, 0.1) is 0 Å². The van der Waals surface area contributed by atoms with Gasteiger partial charge >= 0.3 is 0 Å². The van der Waals surface area contributed by atoms with Crippen molar-refractivity contribution in [2.24, 2.45) is 0 Å². The van der Waals surface area contributed by atoms with Crippen molar-refractivity contribution in [3.05, 3.63) is 100 Å². The highest BCUT2D eigenvalue weighted by atomic mass is 35.5. The fourth-order valence-electron chi connectivity index (χ4n) is 3.08. The molecule has 2 heterocycles. The van der Waals surface area contributed by atoms with Crippen molar-refractivity contribution in [1.29, 1.82) is 0 Å². The van der Waals surface area contributed by atoms with Crippen molar-refractivity contribution in [2.45, 2.75) is 6.10 Å². The van der Waals surface area contributed by atoms with E-state index in [1.54, 1.807) is 36.7 Å². The summed E-state index contributed by atoms with van der Waals surface area (Å²) in [4.78, 5) is 4.60. The van der Waals surface area contributed by atoms with E-state index in [1.807, 2.05) is 17.5 Å². The van der Waals surface area contributed by atoms with Gasteiger partial charge in [0, 0.05) is 45.1 Å². The molecule has 0 radical (unpaired) electrons. The molecule has 0 saturated heterocycles. The predicted molar refractivity (Wildman–Crippen MR) is 108 cm³/mol. The summed E-state index contributed by atoms with van der Waals surface area (Å²) in [6.07, 6.45) is 2.16. The number of aromatic nitrogens is 1. The van der Waals surface area contributed by atoms with Gasteiger partial charge in [-0.05, 0) is 46.8 Å².